The molecule has 0 saturated carbocycles. The Labute approximate surface area is 120 Å². The predicted molar refractivity (Wildman–Crippen MR) is 82.1 cm³/mol. The topological polar surface area (TPSA) is 26.0 Å². The molecule has 2 aromatic carbocycles. The Kier molecular flexibility index (Phi) is 4.91. The van der Waals surface area contributed by atoms with Crippen molar-refractivity contribution in [2.24, 2.45) is 5.73 Å². The van der Waals surface area contributed by atoms with Crippen molar-refractivity contribution in [2.45, 2.75) is 38.1 Å². The van der Waals surface area contributed by atoms with Gasteiger partial charge in [-0.2, -0.15) is 0 Å². The fourth-order valence-electron chi connectivity index (χ4n) is 2.51. The third-order valence-corrected chi connectivity index (χ3v) is 3.61. The van der Waals surface area contributed by atoms with Crippen LogP contribution >= 0.6 is 0 Å². The number of nitrogens with two attached hydrogens (primary N) is 1. The molecule has 2 heteroatoms. The lowest BCUT2D eigenvalue weighted by Gasteiger charge is -2.25. The second-order valence-corrected chi connectivity index (χ2v) is 5.76. The van der Waals surface area contributed by atoms with E-state index in [1.54, 1.807) is 6.07 Å². The van der Waals surface area contributed by atoms with Crippen molar-refractivity contribution in [2.75, 3.05) is 0 Å². The van der Waals surface area contributed by atoms with Crippen LogP contribution in [0.2, 0.25) is 0 Å². The second kappa shape index (κ2) is 6.67. The smallest absolute Gasteiger partial charge is 0.126 e. The predicted octanol–water partition coefficient (Wildman–Crippen LogP) is 4.11. The fraction of sp³-hybridized carbons (Fsp3) is 0.333. The Bertz CT molecular complexity index is 534. The molecule has 0 radical (unpaired) electrons. The molecule has 106 valence electrons. The van der Waals surface area contributed by atoms with Crippen LogP contribution in [-0.2, 0) is 12.8 Å². The molecule has 0 aliphatic rings. The van der Waals surface area contributed by atoms with Crippen LogP contribution in [0.25, 0.3) is 0 Å². The van der Waals surface area contributed by atoms with E-state index in [4.69, 9.17) is 5.73 Å². The Morgan fingerprint density at radius 3 is 2.35 bits per heavy atom. The lowest BCUT2D eigenvalue weighted by Crippen LogP contribution is -2.38. The Hall–Kier alpha value is -1.67. The molecule has 20 heavy (non-hydrogen) atoms. The molecule has 0 spiro atoms. The van der Waals surface area contributed by atoms with Gasteiger partial charge in [-0.3, -0.25) is 0 Å². The molecule has 0 fully saturated rings. The van der Waals surface area contributed by atoms with Crippen molar-refractivity contribution >= 4 is 0 Å². The van der Waals surface area contributed by atoms with E-state index in [9.17, 15) is 4.39 Å². The first-order chi connectivity index (χ1) is 9.57. The molecule has 0 bridgehead atoms. The van der Waals surface area contributed by atoms with E-state index in [-0.39, 0.29) is 11.4 Å². The quantitative estimate of drug-likeness (QED) is 0.840. The average molecular weight is 271 g/mol. The van der Waals surface area contributed by atoms with E-state index >= 15 is 0 Å². The first-order valence-electron chi connectivity index (χ1n) is 7.13. The first kappa shape index (κ1) is 14.7. The molecule has 0 saturated heterocycles. The fourth-order valence-corrected chi connectivity index (χ4v) is 2.51. The van der Waals surface area contributed by atoms with E-state index in [1.165, 1.54) is 11.6 Å². The summed E-state index contributed by atoms with van der Waals surface area (Å²) in [6.07, 6.45) is 3.50. The molecule has 1 unspecified atom stereocenters. The number of benzene rings is 2. The average Bonchev–Trinajstić information content (AvgIpc) is 2.42. The molecule has 0 amide bonds. The molecule has 0 aromatic heterocycles. The number of hydrogen-bond acceptors (Lipinski definition) is 1. The third kappa shape index (κ3) is 4.46. The van der Waals surface area contributed by atoms with Crippen LogP contribution < -0.4 is 5.73 Å². The molecule has 0 aliphatic heterocycles. The van der Waals surface area contributed by atoms with E-state index in [2.05, 4.69) is 24.3 Å². The maximum atomic E-state index is 13.7. The van der Waals surface area contributed by atoms with Gasteiger partial charge in [-0.15, -0.1) is 0 Å². The number of hydrogen-bond donors (Lipinski definition) is 1. The summed E-state index contributed by atoms with van der Waals surface area (Å²) in [5.41, 5.74) is 7.98. The zero-order valence-electron chi connectivity index (χ0n) is 12.0. The standard InChI is InChI=1S/C18H22FN/c1-18(20,14-16-11-5-6-12-17(16)19)13-7-10-15-8-3-2-4-9-15/h2-6,8-9,11-12H,7,10,13-14,20H2,1H3. The summed E-state index contributed by atoms with van der Waals surface area (Å²) in [7, 11) is 0. The van der Waals surface area contributed by atoms with Gasteiger partial charge in [-0.1, -0.05) is 48.5 Å². The molecule has 2 rings (SSSR count). The van der Waals surface area contributed by atoms with Crippen molar-refractivity contribution in [1.29, 1.82) is 0 Å². The molecule has 2 aromatic rings. The Morgan fingerprint density at radius 2 is 1.65 bits per heavy atom. The third-order valence-electron chi connectivity index (χ3n) is 3.61. The lowest BCUT2D eigenvalue weighted by atomic mass is 9.88. The number of halogens is 1. The van der Waals surface area contributed by atoms with Crippen LogP contribution in [0.15, 0.2) is 54.6 Å². The Balaban J connectivity index is 1.86. The zero-order chi connectivity index (χ0) is 14.4. The molecular formula is C18H22FN. The van der Waals surface area contributed by atoms with E-state index in [0.29, 0.717) is 12.0 Å². The summed E-state index contributed by atoms with van der Waals surface area (Å²) in [4.78, 5) is 0. The SMILES string of the molecule is CC(N)(CCCc1ccccc1)Cc1ccccc1F. The summed E-state index contributed by atoms with van der Waals surface area (Å²) in [6, 6.07) is 17.3. The molecule has 0 aliphatic carbocycles. The van der Waals surface area contributed by atoms with Crippen molar-refractivity contribution in [1.82, 2.24) is 0 Å². The maximum absolute atomic E-state index is 13.7. The van der Waals surface area contributed by atoms with Gasteiger partial charge in [0.2, 0.25) is 0 Å². The highest BCUT2D eigenvalue weighted by Crippen LogP contribution is 2.19. The highest BCUT2D eigenvalue weighted by Gasteiger charge is 2.20. The van der Waals surface area contributed by atoms with Crippen LogP contribution in [0.5, 0.6) is 0 Å². The lowest BCUT2D eigenvalue weighted by molar-refractivity contribution is 0.409. The van der Waals surface area contributed by atoms with Crippen LogP contribution in [0.3, 0.4) is 0 Å². The van der Waals surface area contributed by atoms with Crippen LogP contribution in [0, 0.1) is 5.82 Å². The van der Waals surface area contributed by atoms with Crippen molar-refractivity contribution in [3.63, 3.8) is 0 Å². The maximum Gasteiger partial charge on any atom is 0.126 e. The van der Waals surface area contributed by atoms with Gasteiger partial charge in [0.25, 0.3) is 0 Å². The number of aryl methyl sites for hydroxylation is 1. The van der Waals surface area contributed by atoms with Gasteiger partial charge in [0.05, 0.1) is 0 Å². The van der Waals surface area contributed by atoms with Crippen molar-refractivity contribution in [3.8, 4) is 0 Å². The Morgan fingerprint density at radius 1 is 1.00 bits per heavy atom. The van der Waals surface area contributed by atoms with Gasteiger partial charge in [0, 0.05) is 5.54 Å². The summed E-state index contributed by atoms with van der Waals surface area (Å²) in [5, 5.41) is 0. The highest BCUT2D eigenvalue weighted by molar-refractivity contribution is 5.20. The van der Waals surface area contributed by atoms with Crippen LogP contribution in [0.1, 0.15) is 30.9 Å². The minimum Gasteiger partial charge on any atom is -0.325 e. The summed E-state index contributed by atoms with van der Waals surface area (Å²) in [6.45, 7) is 2.00. The van der Waals surface area contributed by atoms with Gasteiger partial charge in [-0.25, -0.2) is 4.39 Å². The van der Waals surface area contributed by atoms with E-state index < -0.39 is 0 Å². The van der Waals surface area contributed by atoms with E-state index in [1.807, 2.05) is 25.1 Å². The van der Waals surface area contributed by atoms with Gasteiger partial charge in [0.15, 0.2) is 0 Å². The first-order valence-corrected chi connectivity index (χ1v) is 7.13. The largest absolute Gasteiger partial charge is 0.325 e. The van der Waals surface area contributed by atoms with Crippen molar-refractivity contribution < 1.29 is 4.39 Å². The number of rotatable bonds is 6. The monoisotopic (exact) mass is 271 g/mol. The van der Waals surface area contributed by atoms with Gasteiger partial charge in [-0.05, 0) is 49.8 Å². The van der Waals surface area contributed by atoms with Crippen LogP contribution in [-0.4, -0.2) is 5.54 Å². The summed E-state index contributed by atoms with van der Waals surface area (Å²) in [5.74, 6) is -0.160. The second-order valence-electron chi connectivity index (χ2n) is 5.76. The van der Waals surface area contributed by atoms with Gasteiger partial charge in [0.1, 0.15) is 5.82 Å². The minimum absolute atomic E-state index is 0.160. The molecule has 1 nitrogen and oxygen atoms in total. The summed E-state index contributed by atoms with van der Waals surface area (Å²) < 4.78 is 13.7. The molecule has 2 N–H and O–H groups in total. The minimum atomic E-state index is -0.364. The zero-order valence-corrected chi connectivity index (χ0v) is 12.0. The molecule has 0 heterocycles. The summed E-state index contributed by atoms with van der Waals surface area (Å²) >= 11 is 0. The van der Waals surface area contributed by atoms with E-state index in [0.717, 1.165) is 19.3 Å². The van der Waals surface area contributed by atoms with Crippen LogP contribution in [0.4, 0.5) is 4.39 Å². The van der Waals surface area contributed by atoms with Gasteiger partial charge < -0.3 is 5.73 Å². The normalized spacial score (nSPS) is 13.9. The molecular weight excluding hydrogens is 249 g/mol. The highest BCUT2D eigenvalue weighted by atomic mass is 19.1. The van der Waals surface area contributed by atoms with Crippen molar-refractivity contribution in [3.05, 3.63) is 71.5 Å². The van der Waals surface area contributed by atoms with Gasteiger partial charge >= 0.3 is 0 Å². The molecule has 1 atom stereocenters.